The van der Waals surface area contributed by atoms with Crippen molar-refractivity contribution in [3.8, 4) is 0 Å². The highest BCUT2D eigenvalue weighted by Gasteiger charge is 2.45. The Morgan fingerprint density at radius 3 is 2.65 bits per heavy atom. The van der Waals surface area contributed by atoms with Crippen LogP contribution in [0.25, 0.3) is 0 Å². The van der Waals surface area contributed by atoms with Crippen molar-refractivity contribution in [1.29, 1.82) is 0 Å². The highest BCUT2D eigenvalue weighted by molar-refractivity contribution is 9.10. The van der Waals surface area contributed by atoms with E-state index in [1.807, 2.05) is 12.1 Å². The van der Waals surface area contributed by atoms with Crippen LogP contribution in [0.2, 0.25) is 0 Å². The van der Waals surface area contributed by atoms with E-state index in [-0.39, 0.29) is 5.41 Å². The molecule has 1 saturated heterocycles. The molecule has 1 amide bonds. The van der Waals surface area contributed by atoms with Gasteiger partial charge in [0, 0.05) is 35.0 Å². The van der Waals surface area contributed by atoms with Crippen molar-refractivity contribution >= 4 is 27.7 Å². The molecule has 1 fully saturated rings. The van der Waals surface area contributed by atoms with Crippen LogP contribution >= 0.6 is 15.9 Å². The molecule has 106 valence electrons. The zero-order valence-electron chi connectivity index (χ0n) is 10.8. The van der Waals surface area contributed by atoms with Crippen molar-refractivity contribution < 1.29 is 15.1 Å². The Balaban J connectivity index is 1.96. The monoisotopic (exact) mass is 338 g/mol. The van der Waals surface area contributed by atoms with Gasteiger partial charge in [0.15, 0.2) is 0 Å². The summed E-state index contributed by atoms with van der Waals surface area (Å²) >= 11 is 3.44. The van der Waals surface area contributed by atoms with Gasteiger partial charge < -0.3 is 15.2 Å². The summed E-state index contributed by atoms with van der Waals surface area (Å²) in [6.07, 6.45) is 1.37. The average Bonchev–Trinajstić information content (AvgIpc) is 2.73. The van der Waals surface area contributed by atoms with E-state index in [1.54, 1.807) is 0 Å². The molecule has 0 aromatic heterocycles. The molecule has 0 atom stereocenters. The highest BCUT2D eigenvalue weighted by atomic mass is 79.9. The summed E-state index contributed by atoms with van der Waals surface area (Å²) in [5.74, 6) is 0. The van der Waals surface area contributed by atoms with Gasteiger partial charge >= 0.3 is 6.09 Å². The van der Waals surface area contributed by atoms with Gasteiger partial charge in [-0.25, -0.2) is 4.79 Å². The molecule has 0 saturated carbocycles. The molecular weight excluding hydrogens is 324 g/mol. The summed E-state index contributed by atoms with van der Waals surface area (Å²) < 4.78 is 0.956. The number of amides is 1. The first-order chi connectivity index (χ1) is 9.55. The van der Waals surface area contributed by atoms with Crippen LogP contribution in [0.3, 0.4) is 0 Å². The van der Waals surface area contributed by atoms with Crippen LogP contribution in [0.15, 0.2) is 27.8 Å². The van der Waals surface area contributed by atoms with Crippen LogP contribution in [-0.4, -0.2) is 40.1 Å². The number of fused-ring (bicyclic) bond motifs is 2. The highest BCUT2D eigenvalue weighted by Crippen LogP contribution is 2.47. The van der Waals surface area contributed by atoms with E-state index in [0.717, 1.165) is 22.9 Å². The van der Waals surface area contributed by atoms with Gasteiger partial charge in [-0.1, -0.05) is 27.2 Å². The van der Waals surface area contributed by atoms with Crippen molar-refractivity contribution in [2.45, 2.75) is 24.7 Å². The largest absolute Gasteiger partial charge is 0.465 e. The molecule has 2 N–H and O–H groups in total. The SMILES string of the molecule is O=C(O)N1CCC2(CC1)C/C(=N/O)c1cc(Br)ccc12. The molecule has 1 spiro atoms. The zero-order valence-corrected chi connectivity index (χ0v) is 12.4. The lowest BCUT2D eigenvalue weighted by Crippen LogP contribution is -2.43. The Labute approximate surface area is 125 Å². The molecular formula is C14H15BrN2O3. The van der Waals surface area contributed by atoms with Crippen molar-refractivity contribution in [3.05, 3.63) is 33.8 Å². The van der Waals surface area contributed by atoms with E-state index in [2.05, 4.69) is 27.2 Å². The van der Waals surface area contributed by atoms with Crippen LogP contribution in [0.5, 0.6) is 0 Å². The summed E-state index contributed by atoms with van der Waals surface area (Å²) in [6.45, 7) is 1.06. The lowest BCUT2D eigenvalue weighted by molar-refractivity contribution is 0.118. The molecule has 1 heterocycles. The lowest BCUT2D eigenvalue weighted by Gasteiger charge is -2.38. The fraction of sp³-hybridized carbons (Fsp3) is 0.429. The third-order valence-electron chi connectivity index (χ3n) is 4.48. The molecule has 1 aliphatic carbocycles. The third-order valence-corrected chi connectivity index (χ3v) is 4.97. The third kappa shape index (κ3) is 1.98. The number of benzene rings is 1. The van der Waals surface area contributed by atoms with Gasteiger partial charge in [0.1, 0.15) is 0 Å². The van der Waals surface area contributed by atoms with E-state index in [1.165, 1.54) is 10.5 Å². The van der Waals surface area contributed by atoms with E-state index in [9.17, 15) is 10.0 Å². The summed E-state index contributed by atoms with van der Waals surface area (Å²) in [4.78, 5) is 12.5. The summed E-state index contributed by atoms with van der Waals surface area (Å²) in [6, 6.07) is 6.03. The molecule has 1 aromatic carbocycles. The van der Waals surface area contributed by atoms with Crippen LogP contribution in [0.4, 0.5) is 4.79 Å². The number of halogens is 1. The first kappa shape index (κ1) is 13.4. The van der Waals surface area contributed by atoms with E-state index >= 15 is 0 Å². The fourth-order valence-electron chi connectivity index (χ4n) is 3.39. The number of oxime groups is 1. The molecule has 0 bridgehead atoms. The minimum absolute atomic E-state index is 0.0798. The van der Waals surface area contributed by atoms with Gasteiger partial charge in [0.25, 0.3) is 0 Å². The maximum atomic E-state index is 11.0. The minimum atomic E-state index is -0.857. The zero-order chi connectivity index (χ0) is 14.3. The molecule has 1 aliphatic heterocycles. The standard InChI is InChI=1S/C14H15BrN2O3/c15-9-1-2-11-10(7-9)12(16-20)8-14(11)3-5-17(6-4-14)13(18)19/h1-2,7,20H,3-6,8H2,(H,18,19)/b16-12-. The smallest absolute Gasteiger partial charge is 0.407 e. The van der Waals surface area contributed by atoms with Crippen molar-refractivity contribution in [2.24, 2.45) is 5.16 Å². The second kappa shape index (κ2) is 4.77. The number of likely N-dealkylation sites (tertiary alicyclic amines) is 1. The molecule has 2 aliphatic rings. The van der Waals surface area contributed by atoms with Gasteiger partial charge in [0.05, 0.1) is 5.71 Å². The van der Waals surface area contributed by atoms with Crippen LogP contribution < -0.4 is 0 Å². The van der Waals surface area contributed by atoms with Crippen LogP contribution in [0, 0.1) is 0 Å². The Kier molecular flexibility index (Phi) is 3.20. The number of hydrogen-bond donors (Lipinski definition) is 2. The second-order valence-electron chi connectivity index (χ2n) is 5.46. The molecule has 0 radical (unpaired) electrons. The van der Waals surface area contributed by atoms with E-state index in [0.29, 0.717) is 25.2 Å². The maximum absolute atomic E-state index is 11.0. The Morgan fingerprint density at radius 1 is 1.35 bits per heavy atom. The topological polar surface area (TPSA) is 73.1 Å². The predicted molar refractivity (Wildman–Crippen MR) is 77.6 cm³/mol. The average molecular weight is 339 g/mol. The predicted octanol–water partition coefficient (Wildman–Crippen LogP) is 3.04. The summed E-state index contributed by atoms with van der Waals surface area (Å²) in [5, 5.41) is 21.7. The molecule has 5 nitrogen and oxygen atoms in total. The van der Waals surface area contributed by atoms with Gasteiger partial charge in [-0.15, -0.1) is 0 Å². The second-order valence-corrected chi connectivity index (χ2v) is 6.38. The normalized spacial score (nSPS) is 22.2. The number of piperidine rings is 1. The Bertz CT molecular complexity index is 592. The Morgan fingerprint density at radius 2 is 2.05 bits per heavy atom. The summed E-state index contributed by atoms with van der Waals surface area (Å²) in [5.41, 5.74) is 2.78. The first-order valence-electron chi connectivity index (χ1n) is 6.55. The quantitative estimate of drug-likeness (QED) is 0.564. The van der Waals surface area contributed by atoms with Crippen molar-refractivity contribution in [3.63, 3.8) is 0 Å². The molecule has 0 unspecified atom stereocenters. The molecule has 6 heteroatoms. The number of carbonyl (C=O) groups is 1. The van der Waals surface area contributed by atoms with E-state index < -0.39 is 6.09 Å². The maximum Gasteiger partial charge on any atom is 0.407 e. The molecule has 3 rings (SSSR count). The number of nitrogens with zero attached hydrogens (tertiary/aromatic N) is 2. The molecule has 20 heavy (non-hydrogen) atoms. The number of rotatable bonds is 0. The van der Waals surface area contributed by atoms with Crippen LogP contribution in [-0.2, 0) is 5.41 Å². The number of hydrogen-bond acceptors (Lipinski definition) is 3. The van der Waals surface area contributed by atoms with Gasteiger partial charge in [-0.3, -0.25) is 0 Å². The number of carboxylic acid groups (broad SMARTS) is 1. The Hall–Kier alpha value is -1.56. The van der Waals surface area contributed by atoms with Crippen molar-refractivity contribution in [2.75, 3.05) is 13.1 Å². The first-order valence-corrected chi connectivity index (χ1v) is 7.34. The van der Waals surface area contributed by atoms with Gasteiger partial charge in [-0.2, -0.15) is 0 Å². The lowest BCUT2D eigenvalue weighted by atomic mass is 9.74. The summed E-state index contributed by atoms with van der Waals surface area (Å²) in [7, 11) is 0. The van der Waals surface area contributed by atoms with Gasteiger partial charge in [-0.05, 0) is 30.5 Å². The van der Waals surface area contributed by atoms with Crippen molar-refractivity contribution in [1.82, 2.24) is 4.90 Å². The van der Waals surface area contributed by atoms with Crippen LogP contribution in [0.1, 0.15) is 30.4 Å². The van der Waals surface area contributed by atoms with E-state index in [4.69, 9.17) is 5.11 Å². The van der Waals surface area contributed by atoms with Gasteiger partial charge in [0.2, 0.25) is 0 Å². The molecule has 1 aromatic rings. The minimum Gasteiger partial charge on any atom is -0.465 e. The fourth-order valence-corrected chi connectivity index (χ4v) is 3.75.